The van der Waals surface area contributed by atoms with Crippen LogP contribution in [0.2, 0.25) is 0 Å². The number of benzene rings is 3. The lowest BCUT2D eigenvalue weighted by molar-refractivity contribution is 0.00233. The Morgan fingerprint density at radius 3 is 1.08 bits per heavy atom. The monoisotopic (exact) mass is 550 g/mol. The van der Waals surface area contributed by atoms with Crippen molar-refractivity contribution in [2.75, 3.05) is 0 Å². The number of hydrogen-bond donors (Lipinski definition) is 2. The zero-order chi connectivity index (χ0) is 27.5. The van der Waals surface area contributed by atoms with Gasteiger partial charge in [0.1, 0.15) is 17.2 Å². The van der Waals surface area contributed by atoms with E-state index < -0.39 is 8.60 Å². The molecule has 0 unspecified atom stereocenters. The van der Waals surface area contributed by atoms with Crippen LogP contribution in [0.25, 0.3) is 0 Å². The van der Waals surface area contributed by atoms with Crippen molar-refractivity contribution in [3.63, 3.8) is 0 Å². The molecule has 2 fully saturated rings. The predicted molar refractivity (Wildman–Crippen MR) is 158 cm³/mol. The van der Waals surface area contributed by atoms with Crippen molar-refractivity contribution in [2.45, 2.75) is 77.4 Å². The molecule has 2 saturated carbocycles. The first kappa shape index (κ1) is 29.4. The van der Waals surface area contributed by atoms with Crippen LogP contribution in [0, 0.1) is 17.3 Å². The lowest BCUT2D eigenvalue weighted by Crippen LogP contribution is -2.38. The molecule has 5 rings (SSSR count). The van der Waals surface area contributed by atoms with Gasteiger partial charge in [-0.05, 0) is 105 Å². The molecule has 0 bridgehead atoms. The highest BCUT2D eigenvalue weighted by Crippen LogP contribution is 2.48. The fourth-order valence-electron chi connectivity index (χ4n) is 5.73. The Kier molecular flexibility index (Phi) is 11.1. The summed E-state index contributed by atoms with van der Waals surface area (Å²) in [6, 6.07) is 28.5. The number of aliphatic hydroxyl groups is 2. The van der Waals surface area contributed by atoms with Gasteiger partial charge in [-0.1, -0.05) is 68.4 Å². The molecule has 5 nitrogen and oxygen atoms in total. The second kappa shape index (κ2) is 14.7. The Hall–Kier alpha value is -2.59. The van der Waals surface area contributed by atoms with Crippen LogP contribution in [0.5, 0.6) is 17.2 Å². The topological polar surface area (TPSA) is 68.2 Å². The van der Waals surface area contributed by atoms with Gasteiger partial charge in [-0.2, -0.15) is 0 Å². The number of aliphatic hydroxyl groups excluding tert-OH is 2. The first-order chi connectivity index (χ1) is 18.9. The molecule has 3 aromatic carbocycles. The molecule has 0 amide bonds. The van der Waals surface area contributed by atoms with Crippen molar-refractivity contribution in [1.82, 2.24) is 0 Å². The molecule has 2 aliphatic rings. The highest BCUT2D eigenvalue weighted by Gasteiger charge is 2.40. The van der Waals surface area contributed by atoms with E-state index in [-0.39, 0.29) is 12.2 Å². The summed E-state index contributed by atoms with van der Waals surface area (Å²) in [6.45, 7) is 4.83. The number of hydrogen-bond acceptors (Lipinski definition) is 5. The zero-order valence-corrected chi connectivity index (χ0v) is 24.1. The van der Waals surface area contributed by atoms with Crippen LogP contribution in [-0.2, 0) is 0 Å². The maximum Gasteiger partial charge on any atom is 0.530 e. The highest BCUT2D eigenvalue weighted by molar-refractivity contribution is 7.43. The van der Waals surface area contributed by atoms with E-state index in [1.54, 1.807) is 0 Å². The van der Waals surface area contributed by atoms with E-state index in [9.17, 15) is 10.2 Å². The Morgan fingerprint density at radius 2 is 0.795 bits per heavy atom. The van der Waals surface area contributed by atoms with Crippen molar-refractivity contribution in [1.29, 1.82) is 0 Å². The van der Waals surface area contributed by atoms with Crippen LogP contribution in [0.15, 0.2) is 91.0 Å². The van der Waals surface area contributed by atoms with E-state index in [0.717, 1.165) is 37.5 Å². The molecule has 2 N–H and O–H groups in total. The zero-order valence-electron chi connectivity index (χ0n) is 23.2. The minimum atomic E-state index is -1.59. The van der Waals surface area contributed by atoms with E-state index in [0.29, 0.717) is 22.7 Å². The van der Waals surface area contributed by atoms with E-state index in [1.165, 1.54) is 25.7 Å². The molecule has 3 aromatic rings. The standard InChI is InChI=1S/C18H15O3P.C15H28O2/c1-4-10-16(11-5-1)19-22(20-17-12-6-2-7-13-17)21-18-14-8-3-9-15-18;1-15(2,11-3-7-13(16)8-4-11)12-5-9-14(17)10-6-12/h1-15H;11-14,16-17H,3-10H2,1-2H3. The lowest BCUT2D eigenvalue weighted by atomic mass is 9.60. The third kappa shape index (κ3) is 9.24. The molecule has 0 aromatic heterocycles. The molecule has 39 heavy (non-hydrogen) atoms. The number of para-hydroxylation sites is 3. The maximum atomic E-state index is 9.60. The molecule has 0 saturated heterocycles. The third-order valence-corrected chi connectivity index (χ3v) is 9.35. The molecular formula is C33H43O5P. The molecular weight excluding hydrogens is 507 g/mol. The fourth-order valence-corrected chi connectivity index (χ4v) is 6.72. The summed E-state index contributed by atoms with van der Waals surface area (Å²) in [5.41, 5.74) is 0.389. The van der Waals surface area contributed by atoms with Gasteiger partial charge in [-0.3, -0.25) is 0 Å². The van der Waals surface area contributed by atoms with Gasteiger partial charge in [0.2, 0.25) is 0 Å². The summed E-state index contributed by atoms with van der Waals surface area (Å²) in [7, 11) is -1.59. The molecule has 0 radical (unpaired) electrons. The summed E-state index contributed by atoms with van der Waals surface area (Å²) in [4.78, 5) is 0. The van der Waals surface area contributed by atoms with Gasteiger partial charge in [0, 0.05) is 0 Å². The van der Waals surface area contributed by atoms with Gasteiger partial charge in [0.15, 0.2) is 0 Å². The summed E-state index contributed by atoms with van der Waals surface area (Å²) in [6.07, 6.45) is 8.62. The Morgan fingerprint density at radius 1 is 0.513 bits per heavy atom. The van der Waals surface area contributed by atoms with Crippen LogP contribution in [-0.4, -0.2) is 22.4 Å². The second-order valence-electron chi connectivity index (χ2n) is 11.3. The fraction of sp³-hybridized carbons (Fsp3) is 0.455. The van der Waals surface area contributed by atoms with E-state index in [1.807, 2.05) is 91.0 Å². The first-order valence-electron chi connectivity index (χ1n) is 14.3. The molecule has 0 aliphatic heterocycles. The van der Waals surface area contributed by atoms with Crippen molar-refractivity contribution < 1.29 is 23.8 Å². The van der Waals surface area contributed by atoms with E-state index in [4.69, 9.17) is 13.6 Å². The van der Waals surface area contributed by atoms with E-state index >= 15 is 0 Å². The third-order valence-electron chi connectivity index (χ3n) is 8.27. The quantitative estimate of drug-likeness (QED) is 0.275. The van der Waals surface area contributed by atoms with Crippen molar-refractivity contribution in [3.05, 3.63) is 91.0 Å². The van der Waals surface area contributed by atoms with Crippen LogP contribution < -0.4 is 13.6 Å². The Balaban J connectivity index is 0.000000187. The van der Waals surface area contributed by atoms with Crippen molar-refractivity contribution in [3.8, 4) is 17.2 Å². The van der Waals surface area contributed by atoms with Crippen LogP contribution in [0.4, 0.5) is 0 Å². The van der Waals surface area contributed by atoms with Gasteiger partial charge in [0.05, 0.1) is 12.2 Å². The van der Waals surface area contributed by atoms with Crippen LogP contribution in [0.3, 0.4) is 0 Å². The average Bonchev–Trinajstić information content (AvgIpc) is 2.95. The smallest absolute Gasteiger partial charge is 0.409 e. The minimum Gasteiger partial charge on any atom is -0.409 e. The maximum absolute atomic E-state index is 9.60. The molecule has 0 heterocycles. The normalized spacial score (nSPS) is 23.3. The SMILES string of the molecule is CC(C)(C1CCC(O)CC1)C1CCC(O)CC1.c1ccc(OP(Oc2ccccc2)Oc2ccccc2)cc1. The summed E-state index contributed by atoms with van der Waals surface area (Å²) >= 11 is 0. The van der Waals surface area contributed by atoms with Crippen molar-refractivity contribution in [2.24, 2.45) is 17.3 Å². The molecule has 0 atom stereocenters. The lowest BCUT2D eigenvalue weighted by Gasteiger charge is -2.46. The number of rotatable bonds is 8. The Bertz CT molecular complexity index is 940. The molecule has 2 aliphatic carbocycles. The van der Waals surface area contributed by atoms with Gasteiger partial charge in [0.25, 0.3) is 0 Å². The van der Waals surface area contributed by atoms with Gasteiger partial charge < -0.3 is 23.8 Å². The predicted octanol–water partition coefficient (Wildman–Crippen LogP) is 8.57. The Labute approximate surface area is 235 Å². The summed E-state index contributed by atoms with van der Waals surface area (Å²) < 4.78 is 17.5. The van der Waals surface area contributed by atoms with Crippen molar-refractivity contribution >= 4 is 8.60 Å². The van der Waals surface area contributed by atoms with Gasteiger partial charge in [-0.15, -0.1) is 0 Å². The molecule has 6 heteroatoms. The summed E-state index contributed by atoms with van der Waals surface area (Å²) in [5, 5.41) is 19.2. The van der Waals surface area contributed by atoms with Crippen LogP contribution >= 0.6 is 8.60 Å². The van der Waals surface area contributed by atoms with Crippen LogP contribution in [0.1, 0.15) is 65.2 Å². The average molecular weight is 551 g/mol. The highest BCUT2D eigenvalue weighted by atomic mass is 31.2. The summed E-state index contributed by atoms with van der Waals surface area (Å²) in [5.74, 6) is 3.67. The molecule has 0 spiro atoms. The van der Waals surface area contributed by atoms with E-state index in [2.05, 4.69) is 13.8 Å². The molecule has 210 valence electrons. The first-order valence-corrected chi connectivity index (χ1v) is 15.3. The largest absolute Gasteiger partial charge is 0.530 e. The minimum absolute atomic E-state index is 0.0461. The second-order valence-corrected chi connectivity index (χ2v) is 12.3. The van der Waals surface area contributed by atoms with Gasteiger partial charge >= 0.3 is 8.60 Å². The van der Waals surface area contributed by atoms with Gasteiger partial charge in [-0.25, -0.2) is 0 Å².